The molecule has 0 bridgehead atoms. The maximum absolute atomic E-state index is 9.65. The van der Waals surface area contributed by atoms with Crippen LogP contribution in [0.5, 0.6) is 0 Å². The number of hydrogen-bond donors (Lipinski definition) is 1. The number of hydrogen-bond acceptors (Lipinski definition) is 2. The molecule has 1 rings (SSSR count). The Bertz CT molecular complexity index is 285. The topological polar surface area (TPSA) is 20.2 Å². The second-order valence-corrected chi connectivity index (χ2v) is 4.85. The van der Waals surface area contributed by atoms with Gasteiger partial charge in [0.25, 0.3) is 0 Å². The van der Waals surface area contributed by atoms with Gasteiger partial charge in [0.05, 0.1) is 6.10 Å². The summed E-state index contributed by atoms with van der Waals surface area (Å²) in [5, 5.41) is 11.7. The van der Waals surface area contributed by atoms with Gasteiger partial charge in [-0.15, -0.1) is 11.3 Å². The molecule has 0 fully saturated rings. The first-order valence-corrected chi connectivity index (χ1v) is 6.54. The van der Waals surface area contributed by atoms with E-state index in [0.717, 1.165) is 12.0 Å². The molecule has 0 aliphatic rings. The Morgan fingerprint density at radius 1 is 1.53 bits per heavy atom. The first-order chi connectivity index (χ1) is 7.24. The zero-order valence-corrected chi connectivity index (χ0v) is 10.4. The van der Waals surface area contributed by atoms with E-state index in [4.69, 9.17) is 0 Å². The molecule has 15 heavy (non-hydrogen) atoms. The Balaban J connectivity index is 2.57. The fourth-order valence-corrected chi connectivity index (χ4v) is 2.23. The van der Waals surface area contributed by atoms with Gasteiger partial charge in [0.2, 0.25) is 0 Å². The number of thiophene rings is 1. The van der Waals surface area contributed by atoms with Crippen LogP contribution in [-0.2, 0) is 0 Å². The summed E-state index contributed by atoms with van der Waals surface area (Å²) in [6.07, 6.45) is 6.48. The Kier molecular flexibility index (Phi) is 5.66. The minimum Gasteiger partial charge on any atom is -0.389 e. The molecule has 0 aliphatic heterocycles. The van der Waals surface area contributed by atoms with E-state index >= 15 is 0 Å². The third-order valence-corrected chi connectivity index (χ3v) is 3.30. The molecule has 0 aliphatic carbocycles. The lowest BCUT2D eigenvalue weighted by atomic mass is 10.0. The van der Waals surface area contributed by atoms with Crippen LogP contribution in [0.15, 0.2) is 23.1 Å². The van der Waals surface area contributed by atoms with Crippen LogP contribution in [0.25, 0.3) is 6.08 Å². The fraction of sp³-hybridized carbons (Fsp3) is 0.538. The molecule has 0 saturated carbocycles. The number of rotatable bonds is 6. The molecule has 1 aromatic rings. The summed E-state index contributed by atoms with van der Waals surface area (Å²) in [5.74, 6) is 0. The van der Waals surface area contributed by atoms with Crippen LogP contribution in [0.1, 0.15) is 44.4 Å². The molecule has 1 atom stereocenters. The molecule has 0 aromatic carbocycles. The SMILES string of the molecule is CCCCC/C(=C\c1cccs1)C(C)O. The van der Waals surface area contributed by atoms with Gasteiger partial charge in [0, 0.05) is 4.88 Å². The van der Waals surface area contributed by atoms with Gasteiger partial charge < -0.3 is 5.11 Å². The summed E-state index contributed by atoms with van der Waals surface area (Å²) in [4.78, 5) is 1.24. The first-order valence-electron chi connectivity index (χ1n) is 5.66. The normalized spacial score (nSPS) is 14.2. The molecule has 1 heterocycles. The summed E-state index contributed by atoms with van der Waals surface area (Å²) in [7, 11) is 0. The molecule has 0 saturated heterocycles. The quantitative estimate of drug-likeness (QED) is 0.721. The summed E-state index contributed by atoms with van der Waals surface area (Å²) in [6.45, 7) is 4.05. The number of unbranched alkanes of at least 4 members (excludes halogenated alkanes) is 2. The van der Waals surface area contributed by atoms with Crippen molar-refractivity contribution in [3.63, 3.8) is 0 Å². The molecule has 0 spiro atoms. The van der Waals surface area contributed by atoms with E-state index in [1.165, 1.54) is 24.1 Å². The highest BCUT2D eigenvalue weighted by Crippen LogP contribution is 2.19. The minimum atomic E-state index is -0.316. The lowest BCUT2D eigenvalue weighted by molar-refractivity contribution is 0.227. The maximum atomic E-state index is 9.65. The Morgan fingerprint density at radius 3 is 2.87 bits per heavy atom. The van der Waals surface area contributed by atoms with Crippen LogP contribution < -0.4 is 0 Å². The van der Waals surface area contributed by atoms with Crippen molar-refractivity contribution < 1.29 is 5.11 Å². The van der Waals surface area contributed by atoms with Crippen LogP contribution >= 0.6 is 11.3 Å². The van der Waals surface area contributed by atoms with E-state index in [9.17, 15) is 5.11 Å². The third kappa shape index (κ3) is 4.63. The second kappa shape index (κ2) is 6.81. The Hall–Kier alpha value is -0.600. The average molecular weight is 224 g/mol. The summed E-state index contributed by atoms with van der Waals surface area (Å²) in [6, 6.07) is 4.13. The fourth-order valence-electron chi connectivity index (χ4n) is 1.54. The lowest BCUT2D eigenvalue weighted by Gasteiger charge is -2.09. The van der Waals surface area contributed by atoms with Crippen molar-refractivity contribution in [2.45, 2.75) is 45.6 Å². The van der Waals surface area contributed by atoms with Gasteiger partial charge >= 0.3 is 0 Å². The molecular formula is C13H20OS. The first kappa shape index (κ1) is 12.5. The average Bonchev–Trinajstić information content (AvgIpc) is 2.69. The van der Waals surface area contributed by atoms with Crippen molar-refractivity contribution in [3.05, 3.63) is 28.0 Å². The zero-order valence-electron chi connectivity index (χ0n) is 9.57. The van der Waals surface area contributed by atoms with E-state index in [-0.39, 0.29) is 6.10 Å². The molecule has 1 N–H and O–H groups in total. The van der Waals surface area contributed by atoms with E-state index in [0.29, 0.717) is 0 Å². The predicted molar refractivity (Wildman–Crippen MR) is 68.1 cm³/mol. The number of aliphatic hydroxyl groups excluding tert-OH is 1. The van der Waals surface area contributed by atoms with Gasteiger partial charge in [-0.2, -0.15) is 0 Å². The van der Waals surface area contributed by atoms with E-state index < -0.39 is 0 Å². The van der Waals surface area contributed by atoms with Crippen LogP contribution in [-0.4, -0.2) is 11.2 Å². The number of aliphatic hydroxyl groups is 1. The smallest absolute Gasteiger partial charge is 0.0725 e. The van der Waals surface area contributed by atoms with Crippen molar-refractivity contribution in [1.29, 1.82) is 0 Å². The van der Waals surface area contributed by atoms with Crippen molar-refractivity contribution in [3.8, 4) is 0 Å². The summed E-state index contributed by atoms with van der Waals surface area (Å²) >= 11 is 1.72. The van der Waals surface area contributed by atoms with E-state index in [1.54, 1.807) is 11.3 Å². The predicted octanol–water partition coefficient (Wildman–Crippen LogP) is 4.09. The van der Waals surface area contributed by atoms with Crippen LogP contribution in [0, 0.1) is 0 Å². The second-order valence-electron chi connectivity index (χ2n) is 3.87. The van der Waals surface area contributed by atoms with Gasteiger partial charge in [-0.3, -0.25) is 0 Å². The molecule has 2 heteroatoms. The van der Waals surface area contributed by atoms with Crippen molar-refractivity contribution in [2.75, 3.05) is 0 Å². The van der Waals surface area contributed by atoms with Crippen molar-refractivity contribution in [1.82, 2.24) is 0 Å². The highest BCUT2D eigenvalue weighted by Gasteiger charge is 2.05. The highest BCUT2D eigenvalue weighted by molar-refractivity contribution is 7.10. The van der Waals surface area contributed by atoms with E-state index in [2.05, 4.69) is 24.4 Å². The maximum Gasteiger partial charge on any atom is 0.0725 e. The van der Waals surface area contributed by atoms with Gasteiger partial charge in [-0.1, -0.05) is 25.8 Å². The largest absolute Gasteiger partial charge is 0.389 e. The molecule has 84 valence electrons. The molecule has 0 amide bonds. The van der Waals surface area contributed by atoms with E-state index in [1.807, 2.05) is 13.0 Å². The summed E-state index contributed by atoms with van der Waals surface area (Å²) < 4.78 is 0. The Labute approximate surface area is 96.5 Å². The molecule has 1 unspecified atom stereocenters. The standard InChI is InChI=1S/C13H20OS/c1-3-4-5-7-12(11(2)14)10-13-8-6-9-15-13/h6,8-11,14H,3-5,7H2,1-2H3/b12-10+. The van der Waals surface area contributed by atoms with Crippen LogP contribution in [0.4, 0.5) is 0 Å². The monoisotopic (exact) mass is 224 g/mol. The van der Waals surface area contributed by atoms with Crippen molar-refractivity contribution >= 4 is 17.4 Å². The van der Waals surface area contributed by atoms with Crippen LogP contribution in [0.3, 0.4) is 0 Å². The Morgan fingerprint density at radius 2 is 2.33 bits per heavy atom. The van der Waals surface area contributed by atoms with Gasteiger partial charge in [-0.05, 0) is 42.9 Å². The van der Waals surface area contributed by atoms with Gasteiger partial charge in [0.15, 0.2) is 0 Å². The third-order valence-electron chi connectivity index (χ3n) is 2.48. The molecule has 1 nitrogen and oxygen atoms in total. The van der Waals surface area contributed by atoms with Gasteiger partial charge in [-0.25, -0.2) is 0 Å². The summed E-state index contributed by atoms with van der Waals surface area (Å²) in [5.41, 5.74) is 1.16. The van der Waals surface area contributed by atoms with Crippen molar-refractivity contribution in [2.24, 2.45) is 0 Å². The highest BCUT2D eigenvalue weighted by atomic mass is 32.1. The molecular weight excluding hydrogens is 204 g/mol. The van der Waals surface area contributed by atoms with Gasteiger partial charge in [0.1, 0.15) is 0 Å². The zero-order chi connectivity index (χ0) is 11.1. The molecule has 1 aromatic heterocycles. The minimum absolute atomic E-state index is 0.316. The molecule has 0 radical (unpaired) electrons. The van der Waals surface area contributed by atoms with Crippen LogP contribution in [0.2, 0.25) is 0 Å². The lowest BCUT2D eigenvalue weighted by Crippen LogP contribution is -2.04.